The van der Waals surface area contributed by atoms with Gasteiger partial charge >= 0.3 is 11.7 Å². The van der Waals surface area contributed by atoms with E-state index in [1.165, 1.54) is 7.11 Å². The topological polar surface area (TPSA) is 115 Å². The number of aromatic nitrogens is 2. The van der Waals surface area contributed by atoms with Gasteiger partial charge in [0.15, 0.2) is 5.03 Å². The van der Waals surface area contributed by atoms with Crippen molar-refractivity contribution in [3.8, 4) is 5.88 Å². The summed E-state index contributed by atoms with van der Waals surface area (Å²) in [5.41, 5.74) is -0.342. The predicted octanol–water partition coefficient (Wildman–Crippen LogP) is 0.960. The van der Waals surface area contributed by atoms with Crippen molar-refractivity contribution in [2.45, 2.75) is 11.4 Å². The molecule has 0 radical (unpaired) electrons. The van der Waals surface area contributed by atoms with E-state index in [2.05, 4.69) is 9.97 Å². The van der Waals surface area contributed by atoms with E-state index in [1.54, 1.807) is 0 Å². The van der Waals surface area contributed by atoms with Gasteiger partial charge in [-0.05, 0) is 0 Å². The van der Waals surface area contributed by atoms with Crippen LogP contribution in [0.2, 0.25) is 0 Å². The number of nitrogens with zero attached hydrogens (tertiary/aromatic N) is 3. The van der Waals surface area contributed by atoms with Gasteiger partial charge in [-0.1, -0.05) is 11.8 Å². The third kappa shape index (κ3) is 3.55. The molecule has 0 unspecified atom stereocenters. The summed E-state index contributed by atoms with van der Waals surface area (Å²) in [6.45, 7) is 0. The molecule has 1 N–H and O–H groups in total. The molecule has 1 heterocycles. The Bertz CT molecular complexity index is 439. The average molecular weight is 259 g/mol. The third-order valence-electron chi connectivity index (χ3n) is 1.69. The molecule has 1 aromatic heterocycles. The van der Waals surface area contributed by atoms with Crippen LogP contribution in [-0.2, 0) is 4.79 Å². The van der Waals surface area contributed by atoms with Crippen molar-refractivity contribution in [2.24, 2.45) is 0 Å². The van der Waals surface area contributed by atoms with Gasteiger partial charge in [-0.2, -0.15) is 4.98 Å². The Morgan fingerprint density at radius 2 is 2.35 bits per heavy atom. The first kappa shape index (κ1) is 13.2. The number of carboxylic acids is 1. The summed E-state index contributed by atoms with van der Waals surface area (Å²) in [6, 6.07) is 0. The highest BCUT2D eigenvalue weighted by atomic mass is 32.2. The van der Waals surface area contributed by atoms with Gasteiger partial charge < -0.3 is 9.84 Å². The van der Waals surface area contributed by atoms with E-state index in [9.17, 15) is 14.9 Å². The number of hydrogen-bond acceptors (Lipinski definition) is 7. The first-order valence-corrected chi connectivity index (χ1v) is 5.42. The van der Waals surface area contributed by atoms with Crippen molar-refractivity contribution >= 4 is 23.4 Å². The quantitative estimate of drug-likeness (QED) is 0.347. The maximum Gasteiger partial charge on any atom is 0.362 e. The lowest BCUT2D eigenvalue weighted by atomic mass is 10.5. The van der Waals surface area contributed by atoms with E-state index in [-0.39, 0.29) is 28.8 Å². The smallest absolute Gasteiger partial charge is 0.362 e. The SMILES string of the molecule is COc1ncnc(SCCC(=O)O)c1[N+](=O)[O-]. The van der Waals surface area contributed by atoms with Gasteiger partial charge in [-0.25, -0.2) is 4.98 Å². The molecule has 0 fully saturated rings. The van der Waals surface area contributed by atoms with Crippen LogP contribution in [0.5, 0.6) is 5.88 Å². The molecule has 17 heavy (non-hydrogen) atoms. The molecular weight excluding hydrogens is 250 g/mol. The molecule has 0 saturated carbocycles. The number of hydrogen-bond donors (Lipinski definition) is 1. The van der Waals surface area contributed by atoms with Gasteiger partial charge in [0.1, 0.15) is 6.33 Å². The van der Waals surface area contributed by atoms with Crippen molar-refractivity contribution < 1.29 is 19.6 Å². The summed E-state index contributed by atoms with van der Waals surface area (Å²) >= 11 is 0.980. The van der Waals surface area contributed by atoms with Crippen LogP contribution in [0.4, 0.5) is 5.69 Å². The molecule has 9 heteroatoms. The molecular formula is C8H9N3O5S. The molecule has 0 aliphatic heterocycles. The van der Waals surface area contributed by atoms with E-state index in [4.69, 9.17) is 9.84 Å². The first-order valence-electron chi connectivity index (χ1n) is 4.44. The van der Waals surface area contributed by atoms with E-state index in [0.717, 1.165) is 18.1 Å². The van der Waals surface area contributed by atoms with Crippen molar-refractivity contribution in [1.82, 2.24) is 9.97 Å². The Labute approximate surface area is 100 Å². The number of methoxy groups -OCH3 is 1. The fourth-order valence-corrected chi connectivity index (χ4v) is 1.88. The lowest BCUT2D eigenvalue weighted by Gasteiger charge is -2.03. The van der Waals surface area contributed by atoms with Crippen LogP contribution in [0.1, 0.15) is 6.42 Å². The molecule has 0 amide bonds. The molecule has 0 saturated heterocycles. The zero-order valence-electron chi connectivity index (χ0n) is 8.82. The van der Waals surface area contributed by atoms with Gasteiger partial charge in [0.2, 0.25) is 0 Å². The Morgan fingerprint density at radius 3 is 2.88 bits per heavy atom. The Hall–Kier alpha value is -1.90. The first-order chi connectivity index (χ1) is 8.06. The number of aliphatic carboxylic acids is 1. The Kier molecular flexibility index (Phi) is 4.64. The van der Waals surface area contributed by atoms with Crippen molar-refractivity contribution in [1.29, 1.82) is 0 Å². The lowest BCUT2D eigenvalue weighted by molar-refractivity contribution is -0.389. The summed E-state index contributed by atoms with van der Waals surface area (Å²) < 4.78 is 4.75. The van der Waals surface area contributed by atoms with Crippen LogP contribution < -0.4 is 4.74 Å². The van der Waals surface area contributed by atoms with Crippen LogP contribution in [-0.4, -0.2) is 38.8 Å². The van der Waals surface area contributed by atoms with E-state index >= 15 is 0 Å². The lowest BCUT2D eigenvalue weighted by Crippen LogP contribution is -2.01. The minimum Gasteiger partial charge on any atom is -0.481 e. The van der Waals surface area contributed by atoms with Crippen LogP contribution in [0.3, 0.4) is 0 Å². The van der Waals surface area contributed by atoms with Crippen molar-refractivity contribution in [3.05, 3.63) is 16.4 Å². The number of rotatable bonds is 6. The van der Waals surface area contributed by atoms with Gasteiger partial charge in [0.25, 0.3) is 5.88 Å². The van der Waals surface area contributed by atoms with Crippen LogP contribution in [0.15, 0.2) is 11.4 Å². The third-order valence-corrected chi connectivity index (χ3v) is 2.67. The van der Waals surface area contributed by atoms with E-state index < -0.39 is 10.9 Å². The maximum atomic E-state index is 10.8. The number of carboxylic acid groups (broad SMARTS) is 1. The minimum absolute atomic E-state index is 0.100. The molecule has 0 aromatic carbocycles. The fourth-order valence-electron chi connectivity index (χ4n) is 0.994. The fraction of sp³-hybridized carbons (Fsp3) is 0.375. The molecule has 0 spiro atoms. The highest BCUT2D eigenvalue weighted by molar-refractivity contribution is 7.99. The monoisotopic (exact) mass is 259 g/mol. The molecule has 0 aliphatic rings. The van der Waals surface area contributed by atoms with Crippen LogP contribution in [0.25, 0.3) is 0 Å². The second kappa shape index (κ2) is 5.99. The van der Waals surface area contributed by atoms with Gasteiger partial charge in [0, 0.05) is 5.75 Å². The molecule has 92 valence electrons. The summed E-state index contributed by atoms with van der Waals surface area (Å²) in [6.07, 6.45) is 1.03. The van der Waals surface area contributed by atoms with E-state index in [1.807, 2.05) is 0 Å². The second-order valence-corrected chi connectivity index (χ2v) is 3.87. The molecule has 8 nitrogen and oxygen atoms in total. The van der Waals surface area contributed by atoms with E-state index in [0.29, 0.717) is 0 Å². The van der Waals surface area contributed by atoms with Gasteiger partial charge in [-0.15, -0.1) is 0 Å². The maximum absolute atomic E-state index is 10.8. The second-order valence-electron chi connectivity index (χ2n) is 2.79. The molecule has 1 aromatic rings. The Balaban J connectivity index is 2.90. The highest BCUT2D eigenvalue weighted by Gasteiger charge is 2.23. The summed E-state index contributed by atoms with van der Waals surface area (Å²) in [7, 11) is 1.26. The summed E-state index contributed by atoms with van der Waals surface area (Å²) in [5.74, 6) is -0.917. The number of carbonyl (C=O) groups is 1. The number of nitro groups is 1. The summed E-state index contributed by atoms with van der Waals surface area (Å²) in [5, 5.41) is 19.4. The predicted molar refractivity (Wildman–Crippen MR) is 58.2 cm³/mol. The standard InChI is InChI=1S/C8H9N3O5S/c1-16-7-6(11(14)15)8(10-4-9-7)17-3-2-5(12)13/h4H,2-3H2,1H3,(H,12,13). The largest absolute Gasteiger partial charge is 0.481 e. The number of thioether (sulfide) groups is 1. The molecule has 0 atom stereocenters. The van der Waals surface area contributed by atoms with Gasteiger partial charge in [0.05, 0.1) is 18.5 Å². The molecule has 1 rings (SSSR count). The zero-order chi connectivity index (χ0) is 12.8. The van der Waals surface area contributed by atoms with Crippen LogP contribution in [0, 0.1) is 10.1 Å². The molecule has 0 aliphatic carbocycles. The summed E-state index contributed by atoms with van der Waals surface area (Å²) in [4.78, 5) is 27.9. The normalized spacial score (nSPS) is 9.94. The average Bonchev–Trinajstić information content (AvgIpc) is 2.27. The minimum atomic E-state index is -0.971. The van der Waals surface area contributed by atoms with Crippen molar-refractivity contribution in [2.75, 3.05) is 12.9 Å². The van der Waals surface area contributed by atoms with Crippen molar-refractivity contribution in [3.63, 3.8) is 0 Å². The Morgan fingerprint density at radius 1 is 1.65 bits per heavy atom. The molecule has 0 bridgehead atoms. The zero-order valence-corrected chi connectivity index (χ0v) is 9.64. The van der Waals surface area contributed by atoms with Gasteiger partial charge in [-0.3, -0.25) is 14.9 Å². The highest BCUT2D eigenvalue weighted by Crippen LogP contribution is 2.33. The number of ether oxygens (including phenoxy) is 1. The van der Waals surface area contributed by atoms with Crippen LogP contribution >= 0.6 is 11.8 Å².